The summed E-state index contributed by atoms with van der Waals surface area (Å²) in [5.41, 5.74) is 7.44. The van der Waals surface area contributed by atoms with Gasteiger partial charge in [-0.1, -0.05) is 25.1 Å². The van der Waals surface area contributed by atoms with Gasteiger partial charge in [-0.05, 0) is 37.8 Å². The molecule has 3 rings (SSSR count). The topological polar surface area (TPSA) is 166 Å². The Morgan fingerprint density at radius 3 is 2.62 bits per heavy atom. The number of hydrazine groups is 1. The Balaban J connectivity index is 1.77. The molecule has 2 aliphatic heterocycles. The first-order chi connectivity index (χ1) is 16.3. The minimum atomic E-state index is -0.946. The van der Waals surface area contributed by atoms with E-state index in [1.165, 1.54) is 16.2 Å². The Hall–Kier alpha value is -3.96. The van der Waals surface area contributed by atoms with Crippen LogP contribution in [0.2, 0.25) is 0 Å². The summed E-state index contributed by atoms with van der Waals surface area (Å²) in [6, 6.07) is 5.23. The predicted molar refractivity (Wildman–Crippen MR) is 122 cm³/mol. The summed E-state index contributed by atoms with van der Waals surface area (Å²) in [6.45, 7) is 2.12. The minimum absolute atomic E-state index is 0.0688. The summed E-state index contributed by atoms with van der Waals surface area (Å²) in [5.74, 6) is -1.67. The lowest BCUT2D eigenvalue weighted by molar-refractivity contribution is -0.176. The number of nitrogens with one attached hydrogen (secondary N) is 3. The van der Waals surface area contributed by atoms with Gasteiger partial charge >= 0.3 is 6.03 Å². The smallest absolute Gasteiger partial charge is 0.332 e. The fourth-order valence-electron chi connectivity index (χ4n) is 3.95. The molecule has 1 aromatic rings. The van der Waals surface area contributed by atoms with Crippen LogP contribution in [0.3, 0.4) is 0 Å². The molecule has 6 amide bonds. The van der Waals surface area contributed by atoms with Gasteiger partial charge in [0.1, 0.15) is 12.1 Å². The number of rotatable bonds is 7. The third-order valence-electron chi connectivity index (χ3n) is 5.70. The van der Waals surface area contributed by atoms with Gasteiger partial charge in [-0.15, -0.1) is 0 Å². The van der Waals surface area contributed by atoms with E-state index in [0.29, 0.717) is 31.4 Å². The molecular weight excluding hydrogens is 442 g/mol. The van der Waals surface area contributed by atoms with E-state index < -0.39 is 41.9 Å². The van der Waals surface area contributed by atoms with Crippen LogP contribution in [-0.2, 0) is 14.4 Å². The van der Waals surface area contributed by atoms with Gasteiger partial charge in [0.2, 0.25) is 11.8 Å². The van der Waals surface area contributed by atoms with E-state index in [4.69, 9.17) is 5.73 Å². The highest BCUT2D eigenvalue weighted by Gasteiger charge is 2.44. The van der Waals surface area contributed by atoms with Crippen molar-refractivity contribution in [2.75, 3.05) is 6.54 Å². The molecule has 2 saturated heterocycles. The van der Waals surface area contributed by atoms with E-state index >= 15 is 0 Å². The SMILES string of the molecule is CC[C@@H](/C=N\NC(N)=O)NC(=O)[C@@H]1CCCN2C(=O)CC[C@H](NC(=O)c3ccccc3)C(=O)N12. The highest BCUT2D eigenvalue weighted by molar-refractivity contribution is 5.99. The number of fused-ring (bicyclic) bond motifs is 1. The molecule has 12 nitrogen and oxygen atoms in total. The Morgan fingerprint density at radius 2 is 1.94 bits per heavy atom. The fourth-order valence-corrected chi connectivity index (χ4v) is 3.95. The van der Waals surface area contributed by atoms with E-state index in [2.05, 4.69) is 21.2 Å². The third kappa shape index (κ3) is 5.88. The van der Waals surface area contributed by atoms with E-state index in [1.807, 2.05) is 6.92 Å². The second-order valence-corrected chi connectivity index (χ2v) is 8.07. The molecule has 182 valence electrons. The molecule has 12 heteroatoms. The normalized spacial score (nSPS) is 21.4. The van der Waals surface area contributed by atoms with Crippen LogP contribution in [0.4, 0.5) is 4.79 Å². The van der Waals surface area contributed by atoms with Crippen molar-refractivity contribution in [2.45, 2.75) is 57.2 Å². The number of carbonyl (C=O) groups is 5. The van der Waals surface area contributed by atoms with Crippen LogP contribution in [0.15, 0.2) is 35.4 Å². The van der Waals surface area contributed by atoms with Gasteiger partial charge in [0.25, 0.3) is 11.8 Å². The van der Waals surface area contributed by atoms with Crippen molar-refractivity contribution >= 4 is 35.9 Å². The van der Waals surface area contributed by atoms with E-state index in [9.17, 15) is 24.0 Å². The standard InChI is InChI=1S/C22H29N7O5/c1-2-15(13-24-27-22(23)34)25-20(32)17-9-6-12-28-18(30)11-10-16(21(33)29(17)28)26-19(31)14-7-4-3-5-8-14/h3-5,7-8,13,15-17H,2,6,9-12H2,1H3,(H,25,32)(H,26,31)(H3,23,27,34)/b24-13-/t15-,16-,17-/m0/s1. The molecule has 2 heterocycles. The van der Waals surface area contributed by atoms with Gasteiger partial charge < -0.3 is 16.4 Å². The molecule has 0 aromatic heterocycles. The zero-order chi connectivity index (χ0) is 24.7. The van der Waals surface area contributed by atoms with E-state index in [-0.39, 0.29) is 18.7 Å². The molecule has 5 N–H and O–H groups in total. The van der Waals surface area contributed by atoms with Crippen molar-refractivity contribution in [3.8, 4) is 0 Å². The second-order valence-electron chi connectivity index (χ2n) is 8.07. The molecule has 2 fully saturated rings. The molecule has 0 unspecified atom stereocenters. The van der Waals surface area contributed by atoms with Crippen LogP contribution in [0.1, 0.15) is 49.4 Å². The summed E-state index contributed by atoms with van der Waals surface area (Å²) in [6.07, 6.45) is 2.91. The van der Waals surface area contributed by atoms with Gasteiger partial charge in [0, 0.05) is 24.7 Å². The van der Waals surface area contributed by atoms with Gasteiger partial charge in [0.15, 0.2) is 0 Å². The molecule has 0 saturated carbocycles. The predicted octanol–water partition coefficient (Wildman–Crippen LogP) is -0.138. The minimum Gasteiger partial charge on any atom is -0.350 e. The molecule has 0 spiro atoms. The molecule has 1 aromatic carbocycles. The molecule has 2 aliphatic rings. The molecule has 0 bridgehead atoms. The maximum Gasteiger partial charge on any atom is 0.332 e. The van der Waals surface area contributed by atoms with E-state index in [1.54, 1.807) is 30.3 Å². The largest absolute Gasteiger partial charge is 0.350 e. The second kappa shape index (κ2) is 11.3. The maximum absolute atomic E-state index is 13.5. The lowest BCUT2D eigenvalue weighted by Gasteiger charge is -2.43. The van der Waals surface area contributed by atoms with Crippen molar-refractivity contribution in [2.24, 2.45) is 10.8 Å². The van der Waals surface area contributed by atoms with Gasteiger partial charge in [-0.2, -0.15) is 5.10 Å². The first-order valence-electron chi connectivity index (χ1n) is 11.2. The van der Waals surface area contributed by atoms with Crippen LogP contribution < -0.4 is 21.8 Å². The lowest BCUT2D eigenvalue weighted by Crippen LogP contribution is -2.64. The number of hydrazone groups is 1. The number of nitrogens with two attached hydrogens (primary N) is 1. The quantitative estimate of drug-likeness (QED) is 0.320. The number of urea groups is 1. The average Bonchev–Trinajstić information content (AvgIpc) is 2.95. The fraction of sp³-hybridized carbons (Fsp3) is 0.455. The average molecular weight is 472 g/mol. The number of nitrogens with zero attached hydrogens (tertiary/aromatic N) is 3. The lowest BCUT2D eigenvalue weighted by atomic mass is 10.0. The van der Waals surface area contributed by atoms with Crippen molar-refractivity contribution in [1.82, 2.24) is 26.1 Å². The highest BCUT2D eigenvalue weighted by atomic mass is 16.2. The van der Waals surface area contributed by atoms with Gasteiger partial charge in [-0.3, -0.25) is 24.2 Å². The number of hydrogen-bond donors (Lipinski definition) is 4. The summed E-state index contributed by atoms with van der Waals surface area (Å²) >= 11 is 0. The van der Waals surface area contributed by atoms with Crippen molar-refractivity contribution in [1.29, 1.82) is 0 Å². The monoisotopic (exact) mass is 471 g/mol. The molecular formula is C22H29N7O5. The Bertz CT molecular complexity index is 968. The zero-order valence-corrected chi connectivity index (χ0v) is 18.9. The summed E-state index contributed by atoms with van der Waals surface area (Å²) in [7, 11) is 0. The highest BCUT2D eigenvalue weighted by Crippen LogP contribution is 2.25. The summed E-state index contributed by atoms with van der Waals surface area (Å²) < 4.78 is 0. The van der Waals surface area contributed by atoms with Crippen LogP contribution in [0.25, 0.3) is 0 Å². The molecule has 34 heavy (non-hydrogen) atoms. The Labute approximate surface area is 196 Å². The number of hydrogen-bond acceptors (Lipinski definition) is 6. The number of primary amides is 1. The van der Waals surface area contributed by atoms with Crippen LogP contribution >= 0.6 is 0 Å². The summed E-state index contributed by atoms with van der Waals surface area (Å²) in [5, 5.41) is 11.7. The maximum atomic E-state index is 13.5. The van der Waals surface area contributed by atoms with E-state index in [0.717, 1.165) is 0 Å². The van der Waals surface area contributed by atoms with Crippen LogP contribution in [-0.4, -0.2) is 70.6 Å². The number of benzene rings is 1. The van der Waals surface area contributed by atoms with Crippen molar-refractivity contribution in [3.05, 3.63) is 35.9 Å². The number of amides is 6. The van der Waals surface area contributed by atoms with Crippen molar-refractivity contribution < 1.29 is 24.0 Å². The molecule has 0 aliphatic carbocycles. The van der Waals surface area contributed by atoms with Gasteiger partial charge in [0.05, 0.1) is 6.04 Å². The zero-order valence-electron chi connectivity index (χ0n) is 18.9. The first-order valence-corrected chi connectivity index (χ1v) is 11.2. The Kier molecular flexibility index (Phi) is 8.17. The Morgan fingerprint density at radius 1 is 1.21 bits per heavy atom. The van der Waals surface area contributed by atoms with Gasteiger partial charge in [-0.25, -0.2) is 15.2 Å². The molecule has 3 atom stereocenters. The van der Waals surface area contributed by atoms with Crippen molar-refractivity contribution in [3.63, 3.8) is 0 Å². The number of carbonyl (C=O) groups excluding carboxylic acids is 5. The van der Waals surface area contributed by atoms with Crippen LogP contribution in [0, 0.1) is 0 Å². The third-order valence-corrected chi connectivity index (χ3v) is 5.70. The van der Waals surface area contributed by atoms with Crippen LogP contribution in [0.5, 0.6) is 0 Å². The molecule has 0 radical (unpaired) electrons. The summed E-state index contributed by atoms with van der Waals surface area (Å²) in [4.78, 5) is 62.8. The first kappa shape index (κ1) is 24.7.